The number of hydrogen-bond acceptors (Lipinski definition) is 6. The van der Waals surface area contributed by atoms with Gasteiger partial charge in [0.2, 0.25) is 0 Å². The molecule has 2 aromatic heterocycles. The highest BCUT2D eigenvalue weighted by Crippen LogP contribution is 2.33. The van der Waals surface area contributed by atoms with Crippen LogP contribution in [0.3, 0.4) is 0 Å². The molecule has 154 valence electrons. The molecule has 3 aromatic rings. The van der Waals surface area contributed by atoms with Gasteiger partial charge in [-0.25, -0.2) is 14.2 Å². The van der Waals surface area contributed by atoms with E-state index in [4.69, 9.17) is 4.74 Å². The lowest BCUT2D eigenvalue weighted by Gasteiger charge is -2.24. The number of carbonyl (C=O) groups excluding carboxylic acids is 1. The van der Waals surface area contributed by atoms with Crippen molar-refractivity contribution in [1.29, 1.82) is 0 Å². The second-order valence-corrected chi connectivity index (χ2v) is 9.09. The normalized spacial score (nSPS) is 16.6. The highest BCUT2D eigenvalue weighted by molar-refractivity contribution is 7.10. The molecule has 0 amide bonds. The number of ether oxygens (including phenoxy) is 1. The van der Waals surface area contributed by atoms with E-state index in [0.717, 1.165) is 4.88 Å². The maximum Gasteiger partial charge on any atom is 0.338 e. The fourth-order valence-electron chi connectivity index (χ4n) is 3.29. The molecule has 1 aliphatic rings. The molecule has 0 saturated heterocycles. The zero-order chi connectivity index (χ0) is 21.4. The third kappa shape index (κ3) is 3.80. The number of rotatable bonds is 4. The average molecular weight is 443 g/mol. The van der Waals surface area contributed by atoms with Crippen LogP contribution in [0.5, 0.6) is 0 Å². The third-order valence-corrected chi connectivity index (χ3v) is 6.47. The van der Waals surface area contributed by atoms with Gasteiger partial charge in [0.15, 0.2) is 4.80 Å². The largest absolute Gasteiger partial charge is 0.459 e. The first-order valence-electron chi connectivity index (χ1n) is 9.37. The molecule has 30 heavy (non-hydrogen) atoms. The summed E-state index contributed by atoms with van der Waals surface area (Å²) in [6, 6.07) is 9.11. The van der Waals surface area contributed by atoms with Crippen LogP contribution in [0.25, 0.3) is 6.08 Å². The highest BCUT2D eigenvalue weighted by Gasteiger charge is 2.34. The van der Waals surface area contributed by atoms with E-state index in [2.05, 4.69) is 4.99 Å². The first-order chi connectivity index (χ1) is 14.3. The number of nitrogens with zero attached hydrogens (tertiary/aromatic N) is 2. The van der Waals surface area contributed by atoms with Gasteiger partial charge in [0, 0.05) is 4.88 Å². The Labute approximate surface area is 180 Å². The summed E-state index contributed by atoms with van der Waals surface area (Å²) >= 11 is 2.71. The molecule has 1 aliphatic heterocycles. The zero-order valence-electron chi connectivity index (χ0n) is 16.6. The van der Waals surface area contributed by atoms with E-state index in [1.807, 2.05) is 17.5 Å². The lowest BCUT2D eigenvalue weighted by atomic mass is 10.0. The second-order valence-electron chi connectivity index (χ2n) is 7.10. The predicted octanol–water partition coefficient (Wildman–Crippen LogP) is 3.39. The molecular weight excluding hydrogens is 423 g/mol. The fourth-order valence-corrected chi connectivity index (χ4v) is 5.16. The van der Waals surface area contributed by atoms with Crippen LogP contribution in [0.4, 0.5) is 4.39 Å². The minimum atomic E-state index is -0.595. The van der Waals surface area contributed by atoms with E-state index in [1.165, 1.54) is 34.8 Å². The minimum absolute atomic E-state index is 0.246. The Morgan fingerprint density at radius 2 is 2.00 bits per heavy atom. The van der Waals surface area contributed by atoms with Gasteiger partial charge in [-0.15, -0.1) is 11.3 Å². The lowest BCUT2D eigenvalue weighted by Crippen LogP contribution is -2.39. The number of thiophene rings is 1. The van der Waals surface area contributed by atoms with Crippen molar-refractivity contribution in [3.63, 3.8) is 0 Å². The molecule has 0 unspecified atom stereocenters. The van der Waals surface area contributed by atoms with Crippen LogP contribution in [0.2, 0.25) is 0 Å². The lowest BCUT2D eigenvalue weighted by molar-refractivity contribution is -0.143. The molecule has 0 saturated carbocycles. The van der Waals surface area contributed by atoms with Gasteiger partial charge in [-0.2, -0.15) is 0 Å². The molecule has 4 rings (SSSR count). The van der Waals surface area contributed by atoms with Crippen LogP contribution in [-0.4, -0.2) is 16.6 Å². The van der Waals surface area contributed by atoms with Crippen molar-refractivity contribution in [3.8, 4) is 0 Å². The number of halogens is 1. The Balaban J connectivity index is 1.91. The molecule has 0 radical (unpaired) electrons. The van der Waals surface area contributed by atoms with Crippen LogP contribution < -0.4 is 14.9 Å². The van der Waals surface area contributed by atoms with E-state index in [-0.39, 0.29) is 17.5 Å². The monoisotopic (exact) mass is 442 g/mol. The summed E-state index contributed by atoms with van der Waals surface area (Å²) in [5.41, 5.74) is 1.37. The molecule has 0 fully saturated rings. The molecule has 5 nitrogen and oxygen atoms in total. The van der Waals surface area contributed by atoms with Crippen molar-refractivity contribution in [3.05, 3.63) is 89.0 Å². The van der Waals surface area contributed by atoms with E-state index in [9.17, 15) is 14.0 Å². The number of hydrogen-bond donors (Lipinski definition) is 0. The summed E-state index contributed by atoms with van der Waals surface area (Å²) < 4.78 is 20.7. The summed E-state index contributed by atoms with van der Waals surface area (Å²) in [6.07, 6.45) is 1.42. The summed E-state index contributed by atoms with van der Waals surface area (Å²) in [5, 5.41) is 1.91. The third-order valence-electron chi connectivity index (χ3n) is 4.56. The predicted molar refractivity (Wildman–Crippen MR) is 116 cm³/mol. The minimum Gasteiger partial charge on any atom is -0.459 e. The summed E-state index contributed by atoms with van der Waals surface area (Å²) in [5.74, 6) is -0.812. The van der Waals surface area contributed by atoms with Crippen LogP contribution in [-0.2, 0) is 9.53 Å². The van der Waals surface area contributed by atoms with E-state index in [1.54, 1.807) is 43.5 Å². The topological polar surface area (TPSA) is 60.7 Å². The van der Waals surface area contributed by atoms with Crippen LogP contribution in [0.15, 0.2) is 62.8 Å². The van der Waals surface area contributed by atoms with E-state index < -0.39 is 12.0 Å². The summed E-state index contributed by atoms with van der Waals surface area (Å²) in [7, 11) is 0. The van der Waals surface area contributed by atoms with Gasteiger partial charge in [-0.3, -0.25) is 9.36 Å². The Bertz CT molecular complexity index is 1300. The van der Waals surface area contributed by atoms with Gasteiger partial charge in [-0.1, -0.05) is 29.5 Å². The molecule has 8 heteroatoms. The van der Waals surface area contributed by atoms with Gasteiger partial charge in [-0.05, 0) is 56.0 Å². The molecule has 1 atom stereocenters. The summed E-state index contributed by atoms with van der Waals surface area (Å²) in [6.45, 7) is 5.33. The average Bonchev–Trinajstić information content (AvgIpc) is 3.31. The number of esters is 1. The van der Waals surface area contributed by atoms with Crippen molar-refractivity contribution in [2.45, 2.75) is 32.9 Å². The maximum atomic E-state index is 13.3. The number of allylic oxidation sites excluding steroid dienone is 1. The Morgan fingerprint density at radius 3 is 2.63 bits per heavy atom. The summed E-state index contributed by atoms with van der Waals surface area (Å²) in [4.78, 5) is 32.1. The molecule has 1 aromatic carbocycles. The first-order valence-corrected chi connectivity index (χ1v) is 11.1. The smallest absolute Gasteiger partial charge is 0.338 e. The van der Waals surface area contributed by atoms with Crippen molar-refractivity contribution in [2.75, 3.05) is 0 Å². The Kier molecular flexibility index (Phi) is 5.53. The van der Waals surface area contributed by atoms with Gasteiger partial charge < -0.3 is 4.74 Å². The first kappa shape index (κ1) is 20.4. The number of thiazole rings is 1. The molecule has 3 heterocycles. The molecule has 0 spiro atoms. The Hall–Kier alpha value is -2.84. The van der Waals surface area contributed by atoms with E-state index >= 15 is 0 Å². The fraction of sp³-hybridized carbons (Fsp3) is 0.227. The van der Waals surface area contributed by atoms with Gasteiger partial charge in [0.1, 0.15) is 11.9 Å². The SMILES string of the molecule is CC1=C(C(=O)OC(C)C)[C@@H](c2cccs2)n2c(s/c(=C/c3ccc(F)cc3)c2=O)=N1. The number of benzene rings is 1. The van der Waals surface area contributed by atoms with Gasteiger partial charge in [0.25, 0.3) is 5.56 Å². The van der Waals surface area contributed by atoms with Crippen molar-refractivity contribution in [1.82, 2.24) is 4.57 Å². The quantitative estimate of drug-likeness (QED) is 0.582. The molecular formula is C22H19FN2O3S2. The highest BCUT2D eigenvalue weighted by atomic mass is 32.1. The van der Waals surface area contributed by atoms with E-state index in [0.29, 0.717) is 26.2 Å². The van der Waals surface area contributed by atoms with Crippen molar-refractivity contribution < 1.29 is 13.9 Å². The van der Waals surface area contributed by atoms with Crippen LogP contribution in [0, 0.1) is 5.82 Å². The van der Waals surface area contributed by atoms with Crippen LogP contribution in [0.1, 0.15) is 37.3 Å². The zero-order valence-corrected chi connectivity index (χ0v) is 18.2. The Morgan fingerprint density at radius 1 is 1.27 bits per heavy atom. The molecule has 0 bridgehead atoms. The van der Waals surface area contributed by atoms with Gasteiger partial charge >= 0.3 is 5.97 Å². The molecule has 0 aliphatic carbocycles. The number of fused-ring (bicyclic) bond motifs is 1. The van der Waals surface area contributed by atoms with Gasteiger partial charge in [0.05, 0.1) is 21.9 Å². The molecule has 0 N–H and O–H groups in total. The maximum absolute atomic E-state index is 13.3. The van der Waals surface area contributed by atoms with Crippen LogP contribution >= 0.6 is 22.7 Å². The van der Waals surface area contributed by atoms with Crippen molar-refractivity contribution in [2.24, 2.45) is 4.99 Å². The standard InChI is InChI=1S/C22H19FN2O3S2/c1-12(2)28-21(27)18-13(3)24-22-25(19(18)16-5-4-10-29-16)20(26)17(30-22)11-14-6-8-15(23)9-7-14/h4-12,19H,1-3H3/b17-11+/t19-/m1/s1. The number of carbonyl (C=O) groups is 1. The number of aromatic nitrogens is 1. The second kappa shape index (κ2) is 8.12. The van der Waals surface area contributed by atoms with Crippen molar-refractivity contribution >= 4 is 34.7 Å².